The molecule has 5 nitrogen and oxygen atoms in total. The zero-order valence-electron chi connectivity index (χ0n) is 12.5. The molecule has 2 atom stereocenters. The molecule has 2 unspecified atom stereocenters. The first-order valence-electron chi connectivity index (χ1n) is 7.58. The van der Waals surface area contributed by atoms with Crippen molar-refractivity contribution in [2.75, 3.05) is 20.2 Å². The van der Waals surface area contributed by atoms with Crippen molar-refractivity contribution < 1.29 is 9.94 Å². The van der Waals surface area contributed by atoms with Crippen LogP contribution in [0, 0.1) is 11.8 Å². The molecule has 1 saturated carbocycles. The molecule has 2 aliphatic rings. The van der Waals surface area contributed by atoms with E-state index in [1.807, 2.05) is 12.1 Å². The zero-order chi connectivity index (χ0) is 14.8. The van der Waals surface area contributed by atoms with Crippen molar-refractivity contribution in [1.29, 1.82) is 0 Å². The number of benzene rings is 1. The second kappa shape index (κ2) is 5.93. The summed E-state index contributed by atoms with van der Waals surface area (Å²) in [7, 11) is 1.59. The van der Waals surface area contributed by atoms with E-state index in [-0.39, 0.29) is 5.84 Å². The minimum atomic E-state index is 0.0898. The zero-order valence-corrected chi connectivity index (χ0v) is 12.5. The molecule has 114 valence electrons. The second-order valence-corrected chi connectivity index (χ2v) is 6.17. The summed E-state index contributed by atoms with van der Waals surface area (Å²) in [5.41, 5.74) is 7.56. The van der Waals surface area contributed by atoms with Crippen molar-refractivity contribution in [3.05, 3.63) is 29.3 Å². The van der Waals surface area contributed by atoms with Crippen LogP contribution in [0.1, 0.15) is 30.4 Å². The van der Waals surface area contributed by atoms with Gasteiger partial charge in [-0.1, -0.05) is 17.6 Å². The smallest absolute Gasteiger partial charge is 0.173 e. The average molecular weight is 289 g/mol. The van der Waals surface area contributed by atoms with Crippen molar-refractivity contribution in [2.24, 2.45) is 22.7 Å². The summed E-state index contributed by atoms with van der Waals surface area (Å²) < 4.78 is 5.27. The lowest BCUT2D eigenvalue weighted by molar-refractivity contribution is 0.303. The molecule has 3 N–H and O–H groups in total. The van der Waals surface area contributed by atoms with Gasteiger partial charge in [0.15, 0.2) is 5.84 Å². The molecule has 1 aliphatic heterocycles. The summed E-state index contributed by atoms with van der Waals surface area (Å²) in [5.74, 6) is 2.51. The largest absolute Gasteiger partial charge is 0.496 e. The fourth-order valence-electron chi connectivity index (χ4n) is 3.83. The number of likely N-dealkylation sites (tertiary alicyclic amines) is 1. The van der Waals surface area contributed by atoms with Crippen molar-refractivity contribution in [1.82, 2.24) is 4.90 Å². The number of rotatable bonds is 4. The van der Waals surface area contributed by atoms with Crippen LogP contribution in [0.2, 0.25) is 0 Å². The monoisotopic (exact) mass is 289 g/mol. The Morgan fingerprint density at radius 1 is 1.38 bits per heavy atom. The normalized spacial score (nSPS) is 26.0. The predicted octanol–water partition coefficient (Wildman–Crippen LogP) is 2.02. The van der Waals surface area contributed by atoms with Crippen molar-refractivity contribution in [3.63, 3.8) is 0 Å². The van der Waals surface area contributed by atoms with E-state index in [2.05, 4.69) is 16.1 Å². The van der Waals surface area contributed by atoms with Gasteiger partial charge in [-0.2, -0.15) is 0 Å². The number of nitrogens with zero attached hydrogens (tertiary/aromatic N) is 2. The Kier molecular flexibility index (Phi) is 4.01. The van der Waals surface area contributed by atoms with Crippen LogP contribution in [0.4, 0.5) is 0 Å². The first kappa shape index (κ1) is 14.2. The molecule has 1 aromatic carbocycles. The van der Waals surface area contributed by atoms with Crippen LogP contribution in [-0.2, 0) is 6.54 Å². The van der Waals surface area contributed by atoms with Gasteiger partial charge in [-0.25, -0.2) is 0 Å². The number of hydrogen-bond acceptors (Lipinski definition) is 4. The highest BCUT2D eigenvalue weighted by Gasteiger charge is 2.35. The maximum atomic E-state index is 8.89. The first-order chi connectivity index (χ1) is 10.2. The summed E-state index contributed by atoms with van der Waals surface area (Å²) >= 11 is 0. The van der Waals surface area contributed by atoms with Crippen molar-refractivity contribution >= 4 is 5.84 Å². The summed E-state index contributed by atoms with van der Waals surface area (Å²) in [5, 5.41) is 12.0. The number of ether oxygens (including phenoxy) is 1. The molecule has 0 radical (unpaired) electrons. The predicted molar refractivity (Wildman–Crippen MR) is 81.6 cm³/mol. The molecular formula is C16H23N3O2. The Hall–Kier alpha value is -1.75. The molecule has 1 aromatic rings. The quantitative estimate of drug-likeness (QED) is 0.385. The molecule has 5 heteroatoms. The molecule has 0 aromatic heterocycles. The fourth-order valence-corrected chi connectivity index (χ4v) is 3.83. The van der Waals surface area contributed by atoms with Crippen LogP contribution < -0.4 is 10.5 Å². The second-order valence-electron chi connectivity index (χ2n) is 6.17. The summed E-state index contributed by atoms with van der Waals surface area (Å²) in [6.45, 7) is 3.33. The third-order valence-electron chi connectivity index (χ3n) is 4.86. The van der Waals surface area contributed by atoms with E-state index in [4.69, 9.17) is 15.7 Å². The van der Waals surface area contributed by atoms with Gasteiger partial charge >= 0.3 is 0 Å². The molecule has 1 aliphatic carbocycles. The Labute approximate surface area is 125 Å². The third-order valence-corrected chi connectivity index (χ3v) is 4.86. The van der Waals surface area contributed by atoms with Gasteiger partial charge in [0.1, 0.15) is 5.75 Å². The van der Waals surface area contributed by atoms with E-state index in [1.165, 1.54) is 37.9 Å². The average Bonchev–Trinajstić information content (AvgIpc) is 3.07. The SMILES string of the molecule is COc1ccc(CN2CC3CCCC3C2)cc1/C(N)=N/O. The molecular weight excluding hydrogens is 266 g/mol. The Morgan fingerprint density at radius 3 is 2.71 bits per heavy atom. The van der Waals surface area contributed by atoms with Gasteiger partial charge in [0.05, 0.1) is 12.7 Å². The summed E-state index contributed by atoms with van der Waals surface area (Å²) in [4.78, 5) is 2.52. The summed E-state index contributed by atoms with van der Waals surface area (Å²) in [6, 6.07) is 5.91. The first-order valence-corrected chi connectivity index (χ1v) is 7.58. The minimum Gasteiger partial charge on any atom is -0.496 e. The molecule has 0 spiro atoms. The highest BCUT2D eigenvalue weighted by molar-refractivity contribution is 5.99. The van der Waals surface area contributed by atoms with E-state index in [1.54, 1.807) is 7.11 Å². The van der Waals surface area contributed by atoms with Gasteiger partial charge in [-0.3, -0.25) is 4.90 Å². The lowest BCUT2D eigenvalue weighted by atomic mass is 10.0. The van der Waals surface area contributed by atoms with Gasteiger partial charge in [0, 0.05) is 19.6 Å². The highest BCUT2D eigenvalue weighted by atomic mass is 16.5. The van der Waals surface area contributed by atoms with Crippen LogP contribution in [0.5, 0.6) is 5.75 Å². The Bertz CT molecular complexity index is 532. The van der Waals surface area contributed by atoms with E-state index >= 15 is 0 Å². The van der Waals surface area contributed by atoms with Crippen LogP contribution >= 0.6 is 0 Å². The third kappa shape index (κ3) is 2.83. The highest BCUT2D eigenvalue weighted by Crippen LogP contribution is 2.38. The Balaban J connectivity index is 1.74. The molecule has 0 bridgehead atoms. The van der Waals surface area contributed by atoms with Gasteiger partial charge < -0.3 is 15.7 Å². The molecule has 1 saturated heterocycles. The number of methoxy groups -OCH3 is 1. The molecule has 0 amide bonds. The molecule has 2 fully saturated rings. The topological polar surface area (TPSA) is 71.1 Å². The number of nitrogens with two attached hydrogens (primary N) is 1. The number of oxime groups is 1. The Morgan fingerprint density at radius 2 is 2.10 bits per heavy atom. The summed E-state index contributed by atoms with van der Waals surface area (Å²) in [6.07, 6.45) is 4.18. The lowest BCUT2D eigenvalue weighted by Gasteiger charge is -2.18. The number of amidine groups is 1. The standard InChI is InChI=1S/C16H23N3O2/c1-21-15-6-5-11(7-14(15)16(17)18-20)8-19-9-12-3-2-4-13(12)10-19/h5-7,12-13,20H,2-4,8-10H2,1H3,(H2,17,18). The van der Waals surface area contributed by atoms with Gasteiger partial charge in [0.25, 0.3) is 0 Å². The van der Waals surface area contributed by atoms with Crippen LogP contribution in [0.15, 0.2) is 23.4 Å². The lowest BCUT2D eigenvalue weighted by Crippen LogP contribution is -2.22. The molecule has 3 rings (SSSR count). The van der Waals surface area contributed by atoms with Crippen molar-refractivity contribution in [3.8, 4) is 5.75 Å². The van der Waals surface area contributed by atoms with Crippen LogP contribution in [0.3, 0.4) is 0 Å². The number of hydrogen-bond donors (Lipinski definition) is 2. The molecule has 1 heterocycles. The fraction of sp³-hybridized carbons (Fsp3) is 0.562. The van der Waals surface area contributed by atoms with E-state index in [9.17, 15) is 0 Å². The maximum Gasteiger partial charge on any atom is 0.173 e. The minimum absolute atomic E-state index is 0.0898. The molecule has 21 heavy (non-hydrogen) atoms. The van der Waals surface area contributed by atoms with Gasteiger partial charge in [-0.15, -0.1) is 0 Å². The van der Waals surface area contributed by atoms with Crippen molar-refractivity contribution in [2.45, 2.75) is 25.8 Å². The van der Waals surface area contributed by atoms with Crippen LogP contribution in [0.25, 0.3) is 0 Å². The van der Waals surface area contributed by atoms with E-state index in [0.717, 1.165) is 18.4 Å². The van der Waals surface area contributed by atoms with Crippen LogP contribution in [-0.4, -0.2) is 36.1 Å². The van der Waals surface area contributed by atoms with Gasteiger partial charge in [0.2, 0.25) is 0 Å². The van der Waals surface area contributed by atoms with E-state index in [0.29, 0.717) is 11.3 Å². The van der Waals surface area contributed by atoms with Gasteiger partial charge in [-0.05, 0) is 42.4 Å². The number of fused-ring (bicyclic) bond motifs is 1. The maximum absolute atomic E-state index is 8.89. The van der Waals surface area contributed by atoms with E-state index < -0.39 is 0 Å².